The van der Waals surface area contributed by atoms with Gasteiger partial charge in [-0.2, -0.15) is 0 Å². The first-order valence-electron chi connectivity index (χ1n) is 8.83. The monoisotopic (exact) mass is 346 g/mol. The highest BCUT2D eigenvalue weighted by Crippen LogP contribution is 2.33. The fourth-order valence-corrected chi connectivity index (χ4v) is 3.84. The lowest BCUT2D eigenvalue weighted by Crippen LogP contribution is -2.40. The van der Waals surface area contributed by atoms with Gasteiger partial charge in [0.15, 0.2) is 5.82 Å². The van der Waals surface area contributed by atoms with Gasteiger partial charge in [-0.15, -0.1) is 10.2 Å². The van der Waals surface area contributed by atoms with Gasteiger partial charge >= 0.3 is 0 Å². The molecule has 1 atom stereocenters. The first-order chi connectivity index (χ1) is 12.1. The van der Waals surface area contributed by atoms with E-state index in [1.807, 2.05) is 0 Å². The first kappa shape index (κ1) is 16.2. The number of hydrogen-bond acceptors (Lipinski definition) is 3. The Hall–Kier alpha value is -2.31. The standard InChI is InChI=1S/C18H20F2N4O/c19-12-7-8-14(20)13(11-12)18(25)23-9-3-1-5-15(23)17-22-21-16-6-2-4-10-24(16)17/h7-8,11,15H,1-6,9-10H2. The molecule has 0 bridgehead atoms. The quantitative estimate of drug-likeness (QED) is 0.839. The highest BCUT2D eigenvalue weighted by molar-refractivity contribution is 5.94. The Kier molecular flexibility index (Phi) is 4.23. The largest absolute Gasteiger partial charge is 0.328 e. The van der Waals surface area contributed by atoms with Gasteiger partial charge in [-0.1, -0.05) is 0 Å². The molecule has 0 aliphatic carbocycles. The molecule has 2 aromatic rings. The molecular weight excluding hydrogens is 326 g/mol. The molecule has 0 spiro atoms. The number of carbonyl (C=O) groups is 1. The van der Waals surface area contributed by atoms with Crippen molar-refractivity contribution in [2.45, 2.75) is 51.1 Å². The molecule has 1 saturated heterocycles. The third-order valence-corrected chi connectivity index (χ3v) is 5.11. The molecule has 0 saturated carbocycles. The van der Waals surface area contributed by atoms with Crippen molar-refractivity contribution < 1.29 is 13.6 Å². The number of amides is 1. The number of fused-ring (bicyclic) bond motifs is 1. The molecule has 1 amide bonds. The van der Waals surface area contributed by atoms with E-state index >= 15 is 0 Å². The zero-order valence-corrected chi connectivity index (χ0v) is 13.9. The smallest absolute Gasteiger partial charge is 0.257 e. The molecule has 2 aliphatic rings. The van der Waals surface area contributed by atoms with E-state index in [1.165, 1.54) is 0 Å². The summed E-state index contributed by atoms with van der Waals surface area (Å²) in [5, 5.41) is 8.61. The average Bonchev–Trinajstić information content (AvgIpc) is 3.07. The lowest BCUT2D eigenvalue weighted by Gasteiger charge is -2.35. The van der Waals surface area contributed by atoms with Gasteiger partial charge in [-0.3, -0.25) is 4.79 Å². The highest BCUT2D eigenvalue weighted by Gasteiger charge is 2.34. The number of aromatic nitrogens is 3. The van der Waals surface area contributed by atoms with E-state index in [0.29, 0.717) is 6.54 Å². The maximum Gasteiger partial charge on any atom is 0.257 e. The SMILES string of the molecule is O=C(c1cc(F)ccc1F)N1CCCCC1c1nnc2n1CCCC2. The Labute approximate surface area is 144 Å². The minimum absolute atomic E-state index is 0.217. The van der Waals surface area contributed by atoms with Crippen LogP contribution in [0.25, 0.3) is 0 Å². The molecule has 0 N–H and O–H groups in total. The van der Waals surface area contributed by atoms with Gasteiger partial charge in [0.25, 0.3) is 5.91 Å². The van der Waals surface area contributed by atoms with Crippen LogP contribution in [0.1, 0.15) is 60.2 Å². The third-order valence-electron chi connectivity index (χ3n) is 5.11. The minimum atomic E-state index is -0.695. The van der Waals surface area contributed by atoms with Gasteiger partial charge in [0.2, 0.25) is 0 Å². The van der Waals surface area contributed by atoms with Crippen LogP contribution in [0, 0.1) is 11.6 Å². The van der Waals surface area contributed by atoms with E-state index in [-0.39, 0.29) is 11.6 Å². The van der Waals surface area contributed by atoms with Gasteiger partial charge in [-0.25, -0.2) is 8.78 Å². The van der Waals surface area contributed by atoms with Crippen molar-refractivity contribution in [3.05, 3.63) is 47.0 Å². The van der Waals surface area contributed by atoms with E-state index in [4.69, 9.17) is 0 Å². The highest BCUT2D eigenvalue weighted by atomic mass is 19.1. The molecule has 7 heteroatoms. The Bertz CT molecular complexity index is 804. The fourth-order valence-electron chi connectivity index (χ4n) is 3.84. The van der Waals surface area contributed by atoms with Crippen LogP contribution in [-0.2, 0) is 13.0 Å². The van der Waals surface area contributed by atoms with Crippen LogP contribution in [0.5, 0.6) is 0 Å². The second-order valence-corrected chi connectivity index (χ2v) is 6.72. The summed E-state index contributed by atoms with van der Waals surface area (Å²) in [6, 6.07) is 2.76. The average molecular weight is 346 g/mol. The van der Waals surface area contributed by atoms with E-state index in [0.717, 1.165) is 74.9 Å². The normalized spacial score (nSPS) is 20.4. The topological polar surface area (TPSA) is 51.0 Å². The number of nitrogens with zero attached hydrogens (tertiary/aromatic N) is 4. The summed E-state index contributed by atoms with van der Waals surface area (Å²) in [7, 11) is 0. The number of likely N-dealkylation sites (tertiary alicyclic amines) is 1. The molecule has 132 valence electrons. The number of hydrogen-bond donors (Lipinski definition) is 0. The van der Waals surface area contributed by atoms with E-state index in [9.17, 15) is 13.6 Å². The van der Waals surface area contributed by atoms with Gasteiger partial charge in [0.05, 0.1) is 11.6 Å². The first-order valence-corrected chi connectivity index (χ1v) is 8.83. The molecule has 25 heavy (non-hydrogen) atoms. The fraction of sp³-hybridized carbons (Fsp3) is 0.500. The summed E-state index contributed by atoms with van der Waals surface area (Å²) in [4.78, 5) is 14.5. The second-order valence-electron chi connectivity index (χ2n) is 6.72. The summed E-state index contributed by atoms with van der Waals surface area (Å²) >= 11 is 0. The van der Waals surface area contributed by atoms with Gasteiger partial charge in [-0.05, 0) is 50.3 Å². The Morgan fingerprint density at radius 1 is 1.08 bits per heavy atom. The maximum atomic E-state index is 14.1. The molecule has 3 heterocycles. The zero-order chi connectivity index (χ0) is 17.4. The number of halogens is 2. The molecule has 1 aromatic carbocycles. The predicted molar refractivity (Wildman–Crippen MR) is 86.9 cm³/mol. The van der Waals surface area contributed by atoms with E-state index < -0.39 is 17.5 Å². The number of aryl methyl sites for hydroxylation is 1. The zero-order valence-electron chi connectivity index (χ0n) is 13.9. The van der Waals surface area contributed by atoms with Crippen molar-refractivity contribution in [1.29, 1.82) is 0 Å². The Balaban J connectivity index is 1.69. The van der Waals surface area contributed by atoms with Crippen molar-refractivity contribution in [3.8, 4) is 0 Å². The van der Waals surface area contributed by atoms with Crippen molar-refractivity contribution in [3.63, 3.8) is 0 Å². The van der Waals surface area contributed by atoms with Crippen molar-refractivity contribution in [2.75, 3.05) is 6.54 Å². The van der Waals surface area contributed by atoms with Crippen LogP contribution in [0.15, 0.2) is 18.2 Å². The van der Waals surface area contributed by atoms with Crippen molar-refractivity contribution in [1.82, 2.24) is 19.7 Å². The predicted octanol–water partition coefficient (Wildman–Crippen LogP) is 3.26. The van der Waals surface area contributed by atoms with Crippen LogP contribution in [0.2, 0.25) is 0 Å². The van der Waals surface area contributed by atoms with Gasteiger partial charge in [0.1, 0.15) is 17.5 Å². The summed E-state index contributed by atoms with van der Waals surface area (Å²) < 4.78 is 29.7. The molecule has 1 aromatic heterocycles. The minimum Gasteiger partial charge on any atom is -0.328 e. The lowest BCUT2D eigenvalue weighted by atomic mass is 9.99. The molecule has 2 aliphatic heterocycles. The second kappa shape index (κ2) is 6.54. The lowest BCUT2D eigenvalue weighted by molar-refractivity contribution is 0.0588. The van der Waals surface area contributed by atoms with Crippen molar-refractivity contribution in [2.24, 2.45) is 0 Å². The van der Waals surface area contributed by atoms with Gasteiger partial charge < -0.3 is 9.47 Å². The maximum absolute atomic E-state index is 14.1. The molecule has 1 unspecified atom stereocenters. The van der Waals surface area contributed by atoms with Crippen LogP contribution in [-0.4, -0.2) is 32.1 Å². The molecule has 5 nitrogen and oxygen atoms in total. The summed E-state index contributed by atoms with van der Waals surface area (Å²) in [6.45, 7) is 1.37. The molecule has 4 rings (SSSR count). The summed E-state index contributed by atoms with van der Waals surface area (Å²) in [5.41, 5.74) is -0.217. The molecule has 0 radical (unpaired) electrons. The Morgan fingerprint density at radius 3 is 2.80 bits per heavy atom. The van der Waals surface area contributed by atoms with E-state index in [2.05, 4.69) is 14.8 Å². The van der Waals surface area contributed by atoms with Crippen LogP contribution in [0.4, 0.5) is 8.78 Å². The van der Waals surface area contributed by atoms with Crippen molar-refractivity contribution >= 4 is 5.91 Å². The van der Waals surface area contributed by atoms with Crippen LogP contribution >= 0.6 is 0 Å². The number of benzene rings is 1. The summed E-state index contributed by atoms with van der Waals surface area (Å²) in [6.07, 6.45) is 5.65. The van der Waals surface area contributed by atoms with E-state index in [1.54, 1.807) is 4.90 Å². The van der Waals surface area contributed by atoms with Gasteiger partial charge in [0, 0.05) is 19.5 Å². The molecule has 1 fully saturated rings. The van der Waals surface area contributed by atoms with Crippen LogP contribution < -0.4 is 0 Å². The third kappa shape index (κ3) is 2.92. The Morgan fingerprint density at radius 2 is 1.92 bits per heavy atom. The molecular formula is C18H20F2N4O. The van der Waals surface area contributed by atoms with Crippen LogP contribution in [0.3, 0.4) is 0 Å². The summed E-state index contributed by atoms with van der Waals surface area (Å²) in [5.74, 6) is -0.0530. The number of rotatable bonds is 2. The number of carbonyl (C=O) groups excluding carboxylic acids is 1. The number of piperidine rings is 1.